The lowest BCUT2D eigenvalue weighted by Gasteiger charge is -1.97. The van der Waals surface area contributed by atoms with Gasteiger partial charge in [-0.3, -0.25) is 10.1 Å². The summed E-state index contributed by atoms with van der Waals surface area (Å²) in [6.07, 6.45) is 0. The topological polar surface area (TPSA) is 76.3 Å². The van der Waals surface area contributed by atoms with Crippen LogP contribution in [0.1, 0.15) is 0 Å². The van der Waals surface area contributed by atoms with E-state index in [0.29, 0.717) is 10.6 Å². The van der Waals surface area contributed by atoms with Crippen molar-refractivity contribution in [3.63, 3.8) is 0 Å². The Hall–Kier alpha value is -1.95. The SMILES string of the molecule is O=[N+]([O-])c1ccccc1-c1nc(O)cs1. The van der Waals surface area contributed by atoms with Gasteiger partial charge in [0.2, 0.25) is 5.88 Å². The Morgan fingerprint density at radius 2 is 2.13 bits per heavy atom. The molecule has 0 unspecified atom stereocenters. The predicted molar refractivity (Wildman–Crippen MR) is 55.9 cm³/mol. The first-order chi connectivity index (χ1) is 7.18. The molecule has 0 aliphatic carbocycles. The number of benzene rings is 1. The third kappa shape index (κ3) is 1.79. The van der Waals surface area contributed by atoms with Crippen molar-refractivity contribution < 1.29 is 10.0 Å². The molecule has 0 aliphatic rings. The zero-order valence-electron chi connectivity index (χ0n) is 7.45. The molecular weight excluding hydrogens is 216 g/mol. The molecule has 2 rings (SSSR count). The van der Waals surface area contributed by atoms with Gasteiger partial charge in [-0.05, 0) is 6.07 Å². The molecule has 2 aromatic rings. The molecule has 0 aliphatic heterocycles. The van der Waals surface area contributed by atoms with Crippen LogP contribution in [0.2, 0.25) is 0 Å². The molecule has 6 heteroatoms. The maximum Gasteiger partial charge on any atom is 0.279 e. The van der Waals surface area contributed by atoms with Crippen LogP contribution in [0, 0.1) is 10.1 Å². The smallest absolute Gasteiger partial charge is 0.279 e. The zero-order chi connectivity index (χ0) is 10.8. The molecule has 1 aromatic carbocycles. The van der Waals surface area contributed by atoms with Crippen LogP contribution in [-0.2, 0) is 0 Å². The van der Waals surface area contributed by atoms with Crippen molar-refractivity contribution in [2.24, 2.45) is 0 Å². The summed E-state index contributed by atoms with van der Waals surface area (Å²) in [5, 5.41) is 21.7. The summed E-state index contributed by atoms with van der Waals surface area (Å²) in [5.41, 5.74) is 0.416. The highest BCUT2D eigenvalue weighted by Crippen LogP contribution is 2.32. The molecule has 0 fully saturated rings. The first-order valence-corrected chi connectivity index (χ1v) is 4.95. The second-order valence-corrected chi connectivity index (χ2v) is 3.64. The normalized spacial score (nSPS) is 10.1. The van der Waals surface area contributed by atoms with Crippen molar-refractivity contribution >= 4 is 17.0 Å². The van der Waals surface area contributed by atoms with Gasteiger partial charge in [0.1, 0.15) is 5.01 Å². The van der Waals surface area contributed by atoms with Gasteiger partial charge in [-0.2, -0.15) is 0 Å². The van der Waals surface area contributed by atoms with E-state index in [0.717, 1.165) is 0 Å². The summed E-state index contributed by atoms with van der Waals surface area (Å²) in [6.45, 7) is 0. The molecule has 1 heterocycles. The van der Waals surface area contributed by atoms with Gasteiger partial charge in [-0.1, -0.05) is 12.1 Å². The second-order valence-electron chi connectivity index (χ2n) is 2.79. The Balaban J connectivity index is 2.57. The molecule has 1 N–H and O–H groups in total. The van der Waals surface area contributed by atoms with Crippen LogP contribution in [0.15, 0.2) is 29.6 Å². The van der Waals surface area contributed by atoms with Crippen LogP contribution in [-0.4, -0.2) is 15.0 Å². The number of aromatic hydroxyl groups is 1. The summed E-state index contributed by atoms with van der Waals surface area (Å²) in [6, 6.07) is 6.31. The molecule has 5 nitrogen and oxygen atoms in total. The van der Waals surface area contributed by atoms with Gasteiger partial charge in [0, 0.05) is 6.07 Å². The summed E-state index contributed by atoms with van der Waals surface area (Å²) >= 11 is 1.17. The number of nitro groups is 1. The average molecular weight is 222 g/mol. The lowest BCUT2D eigenvalue weighted by Crippen LogP contribution is -1.90. The number of hydrogen-bond donors (Lipinski definition) is 1. The van der Waals surface area contributed by atoms with Gasteiger partial charge in [-0.15, -0.1) is 11.3 Å². The van der Waals surface area contributed by atoms with Crippen molar-refractivity contribution in [3.05, 3.63) is 39.8 Å². The Labute approximate surface area is 88.8 Å². The van der Waals surface area contributed by atoms with Crippen LogP contribution in [0.4, 0.5) is 5.69 Å². The van der Waals surface area contributed by atoms with Crippen molar-refractivity contribution in [2.75, 3.05) is 0 Å². The fourth-order valence-electron chi connectivity index (χ4n) is 1.20. The van der Waals surface area contributed by atoms with Crippen LogP contribution in [0.25, 0.3) is 10.6 Å². The number of hydrogen-bond acceptors (Lipinski definition) is 5. The molecule has 0 radical (unpaired) electrons. The Morgan fingerprint density at radius 3 is 2.73 bits per heavy atom. The molecule has 0 saturated carbocycles. The number of rotatable bonds is 2. The number of aromatic nitrogens is 1. The van der Waals surface area contributed by atoms with E-state index in [1.807, 2.05) is 0 Å². The maximum absolute atomic E-state index is 10.7. The number of para-hydroxylation sites is 1. The van der Waals surface area contributed by atoms with Gasteiger partial charge in [0.05, 0.1) is 15.9 Å². The van der Waals surface area contributed by atoms with Crippen LogP contribution < -0.4 is 0 Å². The molecule has 0 bridgehead atoms. The lowest BCUT2D eigenvalue weighted by molar-refractivity contribution is -0.384. The molecule has 0 atom stereocenters. The number of thiazole rings is 1. The summed E-state index contributed by atoms with van der Waals surface area (Å²) in [7, 11) is 0. The highest BCUT2D eigenvalue weighted by molar-refractivity contribution is 7.13. The Kier molecular flexibility index (Phi) is 2.34. The molecule has 76 valence electrons. The predicted octanol–water partition coefficient (Wildman–Crippen LogP) is 2.42. The van der Waals surface area contributed by atoms with E-state index in [4.69, 9.17) is 5.11 Å². The quantitative estimate of drug-likeness (QED) is 0.625. The van der Waals surface area contributed by atoms with E-state index >= 15 is 0 Å². The fourth-order valence-corrected chi connectivity index (χ4v) is 1.92. The van der Waals surface area contributed by atoms with Crippen LogP contribution in [0.5, 0.6) is 5.88 Å². The fraction of sp³-hybridized carbons (Fsp3) is 0. The summed E-state index contributed by atoms with van der Waals surface area (Å²) in [5.74, 6) is -0.117. The molecule has 0 saturated heterocycles. The van der Waals surface area contributed by atoms with Crippen molar-refractivity contribution in [3.8, 4) is 16.5 Å². The third-order valence-corrected chi connectivity index (χ3v) is 2.69. The number of nitro benzene ring substituents is 1. The molecule has 15 heavy (non-hydrogen) atoms. The summed E-state index contributed by atoms with van der Waals surface area (Å²) in [4.78, 5) is 14.1. The maximum atomic E-state index is 10.7. The molecule has 0 amide bonds. The minimum Gasteiger partial charge on any atom is -0.493 e. The molecular formula is C9H6N2O3S. The first kappa shape index (κ1) is 9.60. The van der Waals surface area contributed by atoms with Gasteiger partial charge in [0.15, 0.2) is 0 Å². The molecule has 0 spiro atoms. The third-order valence-electron chi connectivity index (χ3n) is 1.82. The second kappa shape index (κ2) is 3.66. The van der Waals surface area contributed by atoms with E-state index in [1.54, 1.807) is 18.2 Å². The largest absolute Gasteiger partial charge is 0.493 e. The van der Waals surface area contributed by atoms with E-state index in [2.05, 4.69) is 4.98 Å². The van der Waals surface area contributed by atoms with Gasteiger partial charge in [0.25, 0.3) is 5.69 Å². The molecule has 1 aromatic heterocycles. The van der Waals surface area contributed by atoms with E-state index < -0.39 is 4.92 Å². The average Bonchev–Trinajstić information content (AvgIpc) is 2.65. The van der Waals surface area contributed by atoms with E-state index in [9.17, 15) is 10.1 Å². The van der Waals surface area contributed by atoms with Gasteiger partial charge < -0.3 is 5.11 Å². The zero-order valence-corrected chi connectivity index (χ0v) is 8.27. The Bertz CT molecular complexity index is 510. The van der Waals surface area contributed by atoms with Crippen molar-refractivity contribution in [1.29, 1.82) is 0 Å². The minimum absolute atomic E-state index is 0.00755. The van der Waals surface area contributed by atoms with Gasteiger partial charge >= 0.3 is 0 Å². The minimum atomic E-state index is -0.465. The highest BCUT2D eigenvalue weighted by Gasteiger charge is 2.16. The van der Waals surface area contributed by atoms with Crippen LogP contribution in [0.3, 0.4) is 0 Å². The van der Waals surface area contributed by atoms with Crippen molar-refractivity contribution in [2.45, 2.75) is 0 Å². The lowest BCUT2D eigenvalue weighted by atomic mass is 10.2. The van der Waals surface area contributed by atoms with Crippen molar-refractivity contribution in [1.82, 2.24) is 4.98 Å². The first-order valence-electron chi connectivity index (χ1n) is 4.07. The van der Waals surface area contributed by atoms with Gasteiger partial charge in [-0.25, -0.2) is 4.98 Å². The standard InChI is InChI=1S/C9H6N2O3S/c12-8-5-15-9(10-8)6-3-1-2-4-7(6)11(13)14/h1-5,12H. The highest BCUT2D eigenvalue weighted by atomic mass is 32.1. The Morgan fingerprint density at radius 1 is 1.40 bits per heavy atom. The van der Waals surface area contributed by atoms with Crippen LogP contribution >= 0.6 is 11.3 Å². The monoisotopic (exact) mass is 222 g/mol. The number of nitrogens with zero attached hydrogens (tertiary/aromatic N) is 2. The summed E-state index contributed by atoms with van der Waals surface area (Å²) < 4.78 is 0. The van der Waals surface area contributed by atoms with E-state index in [1.165, 1.54) is 22.8 Å². The van der Waals surface area contributed by atoms with E-state index in [-0.39, 0.29) is 11.6 Å².